The van der Waals surface area contributed by atoms with Crippen molar-refractivity contribution in [1.29, 1.82) is 0 Å². The molecule has 7 heteroatoms. The smallest absolute Gasteiger partial charge is 0.255 e. The number of carbonyl (C=O) groups is 2. The molecule has 0 aromatic heterocycles. The number of amides is 2. The number of nitrogens with one attached hydrogen (secondary N) is 2. The Bertz CT molecular complexity index is 729. The largest absolute Gasteiger partial charge is 0.497 e. The molecule has 24 heavy (non-hydrogen) atoms. The first-order valence-corrected chi connectivity index (χ1v) is 7.20. The van der Waals surface area contributed by atoms with Gasteiger partial charge in [0.15, 0.2) is 0 Å². The minimum Gasteiger partial charge on any atom is -0.497 e. The lowest BCUT2D eigenvalue weighted by molar-refractivity contribution is -0.114. The van der Waals surface area contributed by atoms with E-state index in [2.05, 4.69) is 10.6 Å². The average molecular weight is 329 g/mol. The molecule has 0 aliphatic carbocycles. The van der Waals surface area contributed by atoms with Crippen LogP contribution in [0.4, 0.5) is 11.4 Å². The van der Waals surface area contributed by atoms with Gasteiger partial charge in [0.05, 0.1) is 26.5 Å². The molecule has 4 N–H and O–H groups in total. The van der Waals surface area contributed by atoms with Crippen LogP contribution in [0.15, 0.2) is 42.5 Å². The lowest BCUT2D eigenvalue weighted by Gasteiger charge is -2.12. The van der Waals surface area contributed by atoms with E-state index in [1.54, 1.807) is 49.6 Å². The predicted molar refractivity (Wildman–Crippen MR) is 91.6 cm³/mol. The van der Waals surface area contributed by atoms with Crippen LogP contribution in [0.3, 0.4) is 0 Å². The van der Waals surface area contributed by atoms with Crippen LogP contribution in [0.5, 0.6) is 11.5 Å². The zero-order valence-electron chi connectivity index (χ0n) is 13.5. The van der Waals surface area contributed by atoms with Gasteiger partial charge in [0.25, 0.3) is 5.91 Å². The monoisotopic (exact) mass is 329 g/mol. The summed E-state index contributed by atoms with van der Waals surface area (Å²) in [5.41, 5.74) is 6.77. The molecule has 0 atom stereocenters. The van der Waals surface area contributed by atoms with Crippen molar-refractivity contribution in [2.45, 2.75) is 0 Å². The van der Waals surface area contributed by atoms with Crippen molar-refractivity contribution in [3.63, 3.8) is 0 Å². The van der Waals surface area contributed by atoms with E-state index in [-0.39, 0.29) is 18.4 Å². The number of hydrogen-bond donors (Lipinski definition) is 3. The van der Waals surface area contributed by atoms with Gasteiger partial charge in [-0.05, 0) is 36.4 Å². The van der Waals surface area contributed by atoms with E-state index in [0.717, 1.165) is 0 Å². The normalized spacial score (nSPS) is 9.96. The number of benzene rings is 2. The molecule has 2 amide bonds. The van der Waals surface area contributed by atoms with Crippen molar-refractivity contribution in [3.8, 4) is 11.5 Å². The maximum absolute atomic E-state index is 12.3. The minimum atomic E-state index is -0.313. The number of carbonyl (C=O) groups excluding carboxylic acids is 2. The molecule has 0 saturated heterocycles. The highest BCUT2D eigenvalue weighted by Gasteiger charge is 2.11. The molecule has 2 aromatic rings. The fourth-order valence-electron chi connectivity index (χ4n) is 2.02. The van der Waals surface area contributed by atoms with Crippen LogP contribution >= 0.6 is 0 Å². The molecule has 2 rings (SSSR count). The van der Waals surface area contributed by atoms with Crippen molar-refractivity contribution in [1.82, 2.24) is 0 Å². The molecule has 0 aliphatic heterocycles. The van der Waals surface area contributed by atoms with E-state index in [1.165, 1.54) is 7.11 Å². The van der Waals surface area contributed by atoms with Crippen molar-refractivity contribution < 1.29 is 19.1 Å². The second kappa shape index (κ2) is 7.98. The molecular formula is C17H19N3O4. The molecular weight excluding hydrogens is 310 g/mol. The second-order valence-corrected chi connectivity index (χ2v) is 4.85. The molecule has 0 heterocycles. The van der Waals surface area contributed by atoms with Gasteiger partial charge in [0, 0.05) is 17.3 Å². The van der Waals surface area contributed by atoms with Gasteiger partial charge in [-0.15, -0.1) is 0 Å². The maximum atomic E-state index is 12.3. The number of rotatable bonds is 6. The van der Waals surface area contributed by atoms with E-state index >= 15 is 0 Å². The zero-order valence-corrected chi connectivity index (χ0v) is 13.5. The Hall–Kier alpha value is -3.06. The Morgan fingerprint density at radius 1 is 1.00 bits per heavy atom. The Labute approximate surface area is 139 Å². The molecule has 0 spiro atoms. The van der Waals surface area contributed by atoms with Gasteiger partial charge in [-0.3, -0.25) is 9.59 Å². The van der Waals surface area contributed by atoms with E-state index < -0.39 is 0 Å². The highest BCUT2D eigenvalue weighted by Crippen LogP contribution is 2.28. The van der Waals surface area contributed by atoms with Crippen molar-refractivity contribution in [2.24, 2.45) is 5.73 Å². The number of ether oxygens (including phenoxy) is 2. The van der Waals surface area contributed by atoms with Gasteiger partial charge >= 0.3 is 0 Å². The van der Waals surface area contributed by atoms with Crippen molar-refractivity contribution in [3.05, 3.63) is 48.0 Å². The summed E-state index contributed by atoms with van der Waals surface area (Å²) in [5.74, 6) is 0.498. The Morgan fingerprint density at radius 2 is 1.71 bits per heavy atom. The Morgan fingerprint density at radius 3 is 2.29 bits per heavy atom. The molecule has 0 unspecified atom stereocenters. The van der Waals surface area contributed by atoms with Crippen LogP contribution in [-0.4, -0.2) is 32.6 Å². The average Bonchev–Trinajstić information content (AvgIpc) is 2.62. The second-order valence-electron chi connectivity index (χ2n) is 4.85. The summed E-state index contributed by atoms with van der Waals surface area (Å²) in [6, 6.07) is 11.6. The number of hydrogen-bond acceptors (Lipinski definition) is 5. The van der Waals surface area contributed by atoms with Crippen LogP contribution in [0.1, 0.15) is 10.4 Å². The van der Waals surface area contributed by atoms with Crippen LogP contribution in [-0.2, 0) is 4.79 Å². The molecule has 2 aromatic carbocycles. The Kier molecular flexibility index (Phi) is 5.75. The maximum Gasteiger partial charge on any atom is 0.255 e. The molecule has 126 valence electrons. The van der Waals surface area contributed by atoms with E-state index in [1.807, 2.05) is 0 Å². The van der Waals surface area contributed by atoms with Gasteiger partial charge in [0.2, 0.25) is 5.91 Å². The third-order valence-electron chi connectivity index (χ3n) is 3.27. The number of methoxy groups -OCH3 is 2. The highest BCUT2D eigenvalue weighted by atomic mass is 16.5. The molecule has 0 fully saturated rings. The van der Waals surface area contributed by atoms with Crippen molar-refractivity contribution >= 4 is 23.2 Å². The minimum absolute atomic E-state index is 0.113. The quantitative estimate of drug-likeness (QED) is 0.750. The zero-order chi connectivity index (χ0) is 17.5. The van der Waals surface area contributed by atoms with Gasteiger partial charge in [-0.1, -0.05) is 0 Å². The summed E-state index contributed by atoms with van der Waals surface area (Å²) >= 11 is 0. The fraction of sp³-hybridized carbons (Fsp3) is 0.176. The highest BCUT2D eigenvalue weighted by molar-refractivity contribution is 6.05. The standard InChI is InChI=1S/C17H19N3O4/c1-23-13-6-3-11(4-7-13)17(22)20-14-8-5-12(9-15(14)24-2)19-16(21)10-18/h3-9H,10,18H2,1-2H3,(H,19,21)(H,20,22). The predicted octanol–water partition coefficient (Wildman–Crippen LogP) is 1.85. The summed E-state index contributed by atoms with van der Waals surface area (Å²) in [6.45, 7) is -0.113. The van der Waals surface area contributed by atoms with Crippen LogP contribution in [0.2, 0.25) is 0 Å². The summed E-state index contributed by atoms with van der Waals surface area (Å²) in [6.07, 6.45) is 0. The third-order valence-corrected chi connectivity index (χ3v) is 3.27. The van der Waals surface area contributed by atoms with Crippen LogP contribution in [0, 0.1) is 0 Å². The summed E-state index contributed by atoms with van der Waals surface area (Å²) < 4.78 is 10.3. The summed E-state index contributed by atoms with van der Waals surface area (Å²) in [7, 11) is 3.04. The molecule has 7 nitrogen and oxygen atoms in total. The SMILES string of the molecule is COc1ccc(C(=O)Nc2ccc(NC(=O)CN)cc2OC)cc1. The van der Waals surface area contributed by atoms with E-state index in [0.29, 0.717) is 28.4 Å². The van der Waals surface area contributed by atoms with Gasteiger partial charge < -0.3 is 25.8 Å². The molecule has 0 aliphatic rings. The number of nitrogens with two attached hydrogens (primary N) is 1. The first-order chi connectivity index (χ1) is 11.6. The Balaban J connectivity index is 2.15. The molecule has 0 bridgehead atoms. The van der Waals surface area contributed by atoms with Gasteiger partial charge in [-0.25, -0.2) is 0 Å². The lowest BCUT2D eigenvalue weighted by atomic mass is 10.2. The first-order valence-electron chi connectivity index (χ1n) is 7.20. The molecule has 0 radical (unpaired) electrons. The van der Waals surface area contributed by atoms with E-state index in [9.17, 15) is 9.59 Å². The van der Waals surface area contributed by atoms with Gasteiger partial charge in [-0.2, -0.15) is 0 Å². The third kappa shape index (κ3) is 4.23. The van der Waals surface area contributed by atoms with Crippen LogP contribution in [0.25, 0.3) is 0 Å². The van der Waals surface area contributed by atoms with Crippen LogP contribution < -0.4 is 25.8 Å². The topological polar surface area (TPSA) is 103 Å². The van der Waals surface area contributed by atoms with Crippen molar-refractivity contribution in [2.75, 3.05) is 31.4 Å². The fourth-order valence-corrected chi connectivity index (χ4v) is 2.02. The number of anilines is 2. The lowest BCUT2D eigenvalue weighted by Crippen LogP contribution is -2.21. The summed E-state index contributed by atoms with van der Waals surface area (Å²) in [5, 5.41) is 5.39. The summed E-state index contributed by atoms with van der Waals surface area (Å²) in [4.78, 5) is 23.6. The van der Waals surface area contributed by atoms with E-state index in [4.69, 9.17) is 15.2 Å². The molecule has 0 saturated carbocycles. The first kappa shape index (κ1) is 17.3. The van der Waals surface area contributed by atoms with Gasteiger partial charge in [0.1, 0.15) is 11.5 Å².